The third-order valence-electron chi connectivity index (χ3n) is 1.98. The van der Waals surface area contributed by atoms with Gasteiger partial charge in [-0.3, -0.25) is 4.79 Å². The van der Waals surface area contributed by atoms with Crippen molar-refractivity contribution in [3.05, 3.63) is 33.8 Å². The predicted molar refractivity (Wildman–Crippen MR) is 55.4 cm³/mol. The Morgan fingerprint density at radius 1 is 1.60 bits per heavy atom. The maximum absolute atomic E-state index is 10.6. The summed E-state index contributed by atoms with van der Waals surface area (Å²) in [6.07, 6.45) is -0.216. The lowest BCUT2D eigenvalue weighted by Crippen LogP contribution is -2.09. The van der Waals surface area contributed by atoms with Gasteiger partial charge in [-0.2, -0.15) is 5.26 Å². The molecule has 5 heteroatoms. The molecule has 78 valence electrons. The minimum absolute atomic E-state index is 0.165. The summed E-state index contributed by atoms with van der Waals surface area (Å²) in [5, 5.41) is 17.9. The Labute approximate surface area is 91.9 Å². The van der Waals surface area contributed by atoms with E-state index in [-0.39, 0.29) is 18.5 Å². The van der Waals surface area contributed by atoms with Gasteiger partial charge in [-0.15, -0.1) is 0 Å². The van der Waals surface area contributed by atoms with Crippen molar-refractivity contribution in [3.8, 4) is 6.07 Å². The molecule has 0 spiro atoms. The van der Waals surface area contributed by atoms with E-state index in [0.717, 1.165) is 0 Å². The number of carboxylic acid groups (broad SMARTS) is 1. The summed E-state index contributed by atoms with van der Waals surface area (Å²) in [4.78, 5) is 10.6. The second kappa shape index (κ2) is 4.78. The number of carbonyl (C=O) groups is 1. The van der Waals surface area contributed by atoms with E-state index in [4.69, 9.17) is 27.7 Å². The second-order valence-corrected chi connectivity index (χ2v) is 3.41. The summed E-state index contributed by atoms with van der Waals surface area (Å²) >= 11 is 5.76. The molecular formula is C10H9ClN2O2. The molecule has 4 nitrogen and oxygen atoms in total. The highest BCUT2D eigenvalue weighted by Crippen LogP contribution is 2.21. The van der Waals surface area contributed by atoms with Gasteiger partial charge in [0, 0.05) is 11.6 Å². The first kappa shape index (κ1) is 11.5. The van der Waals surface area contributed by atoms with Gasteiger partial charge in [0.15, 0.2) is 0 Å². The van der Waals surface area contributed by atoms with Gasteiger partial charge in [-0.25, -0.2) is 0 Å². The molecule has 0 fully saturated rings. The van der Waals surface area contributed by atoms with E-state index in [1.54, 1.807) is 6.07 Å². The molecule has 0 amide bonds. The average Bonchev–Trinajstić information content (AvgIpc) is 2.19. The number of rotatable bonds is 3. The molecule has 0 unspecified atom stereocenters. The van der Waals surface area contributed by atoms with Crippen LogP contribution in [0.15, 0.2) is 12.1 Å². The Bertz CT molecular complexity index is 438. The first-order chi connectivity index (χ1) is 7.08. The van der Waals surface area contributed by atoms with E-state index < -0.39 is 5.97 Å². The second-order valence-electron chi connectivity index (χ2n) is 2.98. The Hall–Kier alpha value is -1.57. The SMILES string of the molecule is N#Cc1cc(Cl)cc(CN)c1CC(=O)O. The molecule has 0 aliphatic rings. The first-order valence-electron chi connectivity index (χ1n) is 4.21. The fourth-order valence-electron chi connectivity index (χ4n) is 1.34. The number of carboxylic acids is 1. The summed E-state index contributed by atoms with van der Waals surface area (Å²) in [6.45, 7) is 0.165. The van der Waals surface area contributed by atoms with Crippen molar-refractivity contribution in [2.24, 2.45) is 5.73 Å². The highest BCUT2D eigenvalue weighted by atomic mass is 35.5. The van der Waals surface area contributed by atoms with Crippen LogP contribution in [0.3, 0.4) is 0 Å². The van der Waals surface area contributed by atoms with Gasteiger partial charge in [0.1, 0.15) is 0 Å². The molecule has 0 heterocycles. The first-order valence-corrected chi connectivity index (χ1v) is 4.59. The van der Waals surface area contributed by atoms with Crippen LogP contribution in [0.4, 0.5) is 0 Å². The fourth-order valence-corrected chi connectivity index (χ4v) is 1.58. The maximum Gasteiger partial charge on any atom is 0.307 e. The number of nitrogens with zero attached hydrogens (tertiary/aromatic N) is 1. The van der Waals surface area contributed by atoms with Crippen molar-refractivity contribution >= 4 is 17.6 Å². The molecule has 1 aromatic carbocycles. The van der Waals surface area contributed by atoms with Gasteiger partial charge in [0.25, 0.3) is 0 Å². The van der Waals surface area contributed by atoms with Gasteiger partial charge in [0.2, 0.25) is 0 Å². The monoisotopic (exact) mass is 224 g/mol. The van der Waals surface area contributed by atoms with Crippen LogP contribution < -0.4 is 5.73 Å². The molecule has 0 saturated heterocycles. The van der Waals surface area contributed by atoms with E-state index in [1.165, 1.54) is 6.07 Å². The van der Waals surface area contributed by atoms with Crippen molar-refractivity contribution < 1.29 is 9.90 Å². The van der Waals surface area contributed by atoms with Crippen LogP contribution >= 0.6 is 11.6 Å². The zero-order chi connectivity index (χ0) is 11.4. The summed E-state index contributed by atoms with van der Waals surface area (Å²) in [6, 6.07) is 4.94. The van der Waals surface area contributed by atoms with E-state index in [0.29, 0.717) is 16.1 Å². The van der Waals surface area contributed by atoms with Crippen molar-refractivity contribution in [3.63, 3.8) is 0 Å². The molecule has 1 rings (SSSR count). The number of halogens is 1. The Balaban J connectivity index is 3.31. The maximum atomic E-state index is 10.6. The molecule has 15 heavy (non-hydrogen) atoms. The molecular weight excluding hydrogens is 216 g/mol. The van der Waals surface area contributed by atoms with Crippen LogP contribution in [-0.4, -0.2) is 11.1 Å². The topological polar surface area (TPSA) is 87.1 Å². The van der Waals surface area contributed by atoms with Crippen LogP contribution in [0.25, 0.3) is 0 Å². The van der Waals surface area contributed by atoms with Gasteiger partial charge in [0.05, 0.1) is 18.1 Å². The lowest BCUT2D eigenvalue weighted by atomic mass is 9.99. The number of benzene rings is 1. The minimum atomic E-state index is -0.997. The molecule has 0 aromatic heterocycles. The zero-order valence-corrected chi connectivity index (χ0v) is 8.58. The molecule has 0 atom stereocenters. The molecule has 0 radical (unpaired) electrons. The van der Waals surface area contributed by atoms with Crippen molar-refractivity contribution in [2.45, 2.75) is 13.0 Å². The van der Waals surface area contributed by atoms with Crippen LogP contribution in [0.5, 0.6) is 0 Å². The van der Waals surface area contributed by atoms with Crippen molar-refractivity contribution in [1.82, 2.24) is 0 Å². The van der Waals surface area contributed by atoms with Crippen LogP contribution in [0, 0.1) is 11.3 Å². The highest BCUT2D eigenvalue weighted by Gasteiger charge is 2.12. The summed E-state index contributed by atoms with van der Waals surface area (Å²) < 4.78 is 0. The van der Waals surface area contributed by atoms with Crippen molar-refractivity contribution in [2.75, 3.05) is 0 Å². The minimum Gasteiger partial charge on any atom is -0.481 e. The zero-order valence-electron chi connectivity index (χ0n) is 7.83. The highest BCUT2D eigenvalue weighted by molar-refractivity contribution is 6.30. The van der Waals surface area contributed by atoms with E-state index >= 15 is 0 Å². The van der Waals surface area contributed by atoms with E-state index in [9.17, 15) is 4.79 Å². The normalized spacial score (nSPS) is 9.67. The van der Waals surface area contributed by atoms with Gasteiger partial charge in [-0.05, 0) is 23.3 Å². The molecule has 1 aromatic rings. The summed E-state index contributed by atoms with van der Waals surface area (Å²) in [5.74, 6) is -0.997. The quantitative estimate of drug-likeness (QED) is 0.810. The van der Waals surface area contributed by atoms with Crippen LogP contribution in [0.1, 0.15) is 16.7 Å². The predicted octanol–water partition coefficient (Wildman–Crippen LogP) is 1.30. The van der Waals surface area contributed by atoms with E-state index in [2.05, 4.69) is 0 Å². The standard InChI is InChI=1S/C10H9ClN2O2/c11-8-1-6(4-12)9(3-10(14)15)7(2-8)5-13/h1-2H,3-4,12H2,(H,14,15). The lowest BCUT2D eigenvalue weighted by Gasteiger charge is -2.08. The molecule has 0 aliphatic carbocycles. The molecule has 3 N–H and O–H groups in total. The molecule has 0 aliphatic heterocycles. The third-order valence-corrected chi connectivity index (χ3v) is 2.19. The number of hydrogen-bond donors (Lipinski definition) is 2. The lowest BCUT2D eigenvalue weighted by molar-refractivity contribution is -0.136. The van der Waals surface area contributed by atoms with E-state index in [1.807, 2.05) is 6.07 Å². The number of hydrogen-bond acceptors (Lipinski definition) is 3. The van der Waals surface area contributed by atoms with Crippen molar-refractivity contribution in [1.29, 1.82) is 5.26 Å². The summed E-state index contributed by atoms with van der Waals surface area (Å²) in [5.41, 5.74) is 6.77. The number of aliphatic carboxylic acids is 1. The van der Waals surface area contributed by atoms with Crippen LogP contribution in [0.2, 0.25) is 5.02 Å². The Morgan fingerprint density at radius 3 is 2.73 bits per heavy atom. The number of nitriles is 1. The largest absolute Gasteiger partial charge is 0.481 e. The number of nitrogens with two attached hydrogens (primary N) is 1. The third kappa shape index (κ3) is 2.69. The van der Waals surface area contributed by atoms with Gasteiger partial charge < -0.3 is 10.8 Å². The molecule has 0 bridgehead atoms. The van der Waals surface area contributed by atoms with Gasteiger partial charge >= 0.3 is 5.97 Å². The summed E-state index contributed by atoms with van der Waals surface area (Å²) in [7, 11) is 0. The Kier molecular flexibility index (Phi) is 3.67. The molecule has 0 saturated carbocycles. The Morgan fingerprint density at radius 2 is 2.27 bits per heavy atom. The average molecular weight is 225 g/mol. The smallest absolute Gasteiger partial charge is 0.307 e. The van der Waals surface area contributed by atoms with Gasteiger partial charge in [-0.1, -0.05) is 11.6 Å². The van der Waals surface area contributed by atoms with Crippen LogP contribution in [-0.2, 0) is 17.8 Å². The fraction of sp³-hybridized carbons (Fsp3) is 0.200.